The molecule has 0 saturated heterocycles. The summed E-state index contributed by atoms with van der Waals surface area (Å²) in [6.07, 6.45) is 5.54. The molecule has 1 heterocycles. The Balaban J connectivity index is 1.98. The standard InChI is InChI=1S/C17H12Cl2O/c18-14-7-3-12(4-8-14)16-2-1-11-20-17(16)13-5-9-15(19)10-6-13/h1-11,17H. The summed E-state index contributed by atoms with van der Waals surface area (Å²) in [5, 5.41) is 1.45. The number of rotatable bonds is 2. The lowest BCUT2D eigenvalue weighted by Crippen LogP contribution is -2.06. The number of benzene rings is 2. The maximum Gasteiger partial charge on any atom is 0.149 e. The zero-order chi connectivity index (χ0) is 13.9. The highest BCUT2D eigenvalue weighted by atomic mass is 35.5. The van der Waals surface area contributed by atoms with Crippen molar-refractivity contribution in [3.8, 4) is 0 Å². The zero-order valence-electron chi connectivity index (χ0n) is 10.6. The highest BCUT2D eigenvalue weighted by Crippen LogP contribution is 2.36. The van der Waals surface area contributed by atoms with E-state index in [9.17, 15) is 0 Å². The molecular weight excluding hydrogens is 291 g/mol. The molecule has 0 fully saturated rings. The molecule has 3 rings (SSSR count). The Kier molecular flexibility index (Phi) is 3.81. The Bertz CT molecular complexity index is 654. The van der Waals surface area contributed by atoms with Crippen LogP contribution in [0.1, 0.15) is 17.2 Å². The Morgan fingerprint density at radius 2 is 1.40 bits per heavy atom. The van der Waals surface area contributed by atoms with Gasteiger partial charge in [0, 0.05) is 15.6 Å². The fourth-order valence-corrected chi connectivity index (χ4v) is 2.47. The summed E-state index contributed by atoms with van der Waals surface area (Å²) in [4.78, 5) is 0. The van der Waals surface area contributed by atoms with E-state index in [2.05, 4.69) is 6.08 Å². The van der Waals surface area contributed by atoms with Crippen molar-refractivity contribution >= 4 is 28.8 Å². The Hall–Kier alpha value is -1.70. The van der Waals surface area contributed by atoms with Gasteiger partial charge >= 0.3 is 0 Å². The molecule has 0 N–H and O–H groups in total. The molecule has 0 amide bonds. The van der Waals surface area contributed by atoms with Crippen molar-refractivity contribution < 1.29 is 4.74 Å². The zero-order valence-corrected chi connectivity index (χ0v) is 12.1. The molecule has 0 aliphatic carbocycles. The number of ether oxygens (including phenoxy) is 1. The van der Waals surface area contributed by atoms with Gasteiger partial charge in [0.2, 0.25) is 0 Å². The maximum absolute atomic E-state index is 5.94. The van der Waals surface area contributed by atoms with Gasteiger partial charge in [0.1, 0.15) is 6.10 Å². The molecule has 0 aromatic heterocycles. The molecule has 0 spiro atoms. The Morgan fingerprint density at radius 1 is 0.800 bits per heavy atom. The lowest BCUT2D eigenvalue weighted by Gasteiger charge is -2.23. The van der Waals surface area contributed by atoms with Crippen LogP contribution in [0.5, 0.6) is 0 Å². The molecule has 0 bridgehead atoms. The van der Waals surface area contributed by atoms with Gasteiger partial charge in [0.25, 0.3) is 0 Å². The third-order valence-corrected chi connectivity index (χ3v) is 3.71. The monoisotopic (exact) mass is 302 g/mol. The molecule has 1 atom stereocenters. The van der Waals surface area contributed by atoms with Crippen LogP contribution in [-0.4, -0.2) is 0 Å². The van der Waals surface area contributed by atoms with Crippen LogP contribution in [0.4, 0.5) is 0 Å². The van der Waals surface area contributed by atoms with Gasteiger partial charge in [-0.3, -0.25) is 0 Å². The number of hydrogen-bond acceptors (Lipinski definition) is 1. The van der Waals surface area contributed by atoms with E-state index >= 15 is 0 Å². The van der Waals surface area contributed by atoms with Crippen molar-refractivity contribution in [3.63, 3.8) is 0 Å². The number of allylic oxidation sites excluding steroid dienone is 2. The molecular formula is C17H12Cl2O. The van der Waals surface area contributed by atoms with Crippen LogP contribution in [0, 0.1) is 0 Å². The van der Waals surface area contributed by atoms with Crippen molar-refractivity contribution in [2.45, 2.75) is 6.10 Å². The van der Waals surface area contributed by atoms with E-state index in [-0.39, 0.29) is 6.10 Å². The minimum Gasteiger partial charge on any atom is -0.489 e. The van der Waals surface area contributed by atoms with Gasteiger partial charge in [0.05, 0.1) is 6.26 Å². The van der Waals surface area contributed by atoms with Crippen molar-refractivity contribution in [2.75, 3.05) is 0 Å². The van der Waals surface area contributed by atoms with Gasteiger partial charge in [-0.25, -0.2) is 0 Å². The summed E-state index contributed by atoms with van der Waals surface area (Å²) in [5.41, 5.74) is 3.27. The highest BCUT2D eigenvalue weighted by Gasteiger charge is 2.20. The summed E-state index contributed by atoms with van der Waals surface area (Å²) in [7, 11) is 0. The summed E-state index contributed by atoms with van der Waals surface area (Å²) in [5.74, 6) is 0. The third kappa shape index (κ3) is 2.74. The molecule has 2 aromatic carbocycles. The van der Waals surface area contributed by atoms with Crippen LogP contribution in [0.2, 0.25) is 10.0 Å². The molecule has 1 aliphatic rings. The average molecular weight is 303 g/mol. The summed E-state index contributed by atoms with van der Waals surface area (Å²) in [6, 6.07) is 15.5. The van der Waals surface area contributed by atoms with Crippen LogP contribution < -0.4 is 0 Å². The SMILES string of the molecule is Clc1ccc(C2=CC=COC2c2ccc(Cl)cc2)cc1. The predicted molar refractivity (Wildman–Crippen MR) is 83.8 cm³/mol. The van der Waals surface area contributed by atoms with Gasteiger partial charge in [-0.15, -0.1) is 0 Å². The average Bonchev–Trinajstić information content (AvgIpc) is 2.49. The minimum absolute atomic E-state index is 0.126. The quantitative estimate of drug-likeness (QED) is 0.695. The molecule has 1 nitrogen and oxygen atoms in total. The van der Waals surface area contributed by atoms with Crippen molar-refractivity contribution in [2.24, 2.45) is 0 Å². The van der Waals surface area contributed by atoms with Crippen LogP contribution in [0.15, 0.2) is 66.9 Å². The normalized spacial score (nSPS) is 17.5. The first-order valence-electron chi connectivity index (χ1n) is 6.27. The van der Waals surface area contributed by atoms with Gasteiger partial charge in [-0.2, -0.15) is 0 Å². The number of hydrogen-bond donors (Lipinski definition) is 0. The van der Waals surface area contributed by atoms with Gasteiger partial charge in [0.15, 0.2) is 0 Å². The lowest BCUT2D eigenvalue weighted by atomic mass is 9.94. The van der Waals surface area contributed by atoms with E-state index < -0.39 is 0 Å². The third-order valence-electron chi connectivity index (χ3n) is 3.20. The van der Waals surface area contributed by atoms with E-state index in [1.54, 1.807) is 6.26 Å². The summed E-state index contributed by atoms with van der Waals surface area (Å²) >= 11 is 11.9. The second kappa shape index (κ2) is 5.74. The van der Waals surface area contributed by atoms with Crippen molar-refractivity contribution in [3.05, 3.63) is 88.1 Å². The van der Waals surface area contributed by atoms with Crippen LogP contribution >= 0.6 is 23.2 Å². The van der Waals surface area contributed by atoms with Crippen molar-refractivity contribution in [1.82, 2.24) is 0 Å². The van der Waals surface area contributed by atoms with Crippen LogP contribution in [0.25, 0.3) is 5.57 Å². The Labute approximate surface area is 128 Å². The van der Waals surface area contributed by atoms with E-state index in [4.69, 9.17) is 27.9 Å². The fourth-order valence-electron chi connectivity index (χ4n) is 2.21. The van der Waals surface area contributed by atoms with Crippen molar-refractivity contribution in [1.29, 1.82) is 0 Å². The second-order valence-corrected chi connectivity index (χ2v) is 5.40. The molecule has 1 aliphatic heterocycles. The fraction of sp³-hybridized carbons (Fsp3) is 0.0588. The smallest absolute Gasteiger partial charge is 0.149 e. The van der Waals surface area contributed by atoms with E-state index in [0.717, 1.165) is 26.7 Å². The first kappa shape index (κ1) is 13.3. The largest absolute Gasteiger partial charge is 0.489 e. The minimum atomic E-state index is -0.126. The first-order chi connectivity index (χ1) is 9.74. The van der Waals surface area contributed by atoms with E-state index in [1.165, 1.54) is 0 Å². The Morgan fingerprint density at radius 3 is 2.05 bits per heavy atom. The maximum atomic E-state index is 5.94. The first-order valence-corrected chi connectivity index (χ1v) is 7.03. The van der Waals surface area contributed by atoms with Gasteiger partial charge in [-0.1, -0.05) is 53.5 Å². The molecule has 1 unspecified atom stereocenters. The van der Waals surface area contributed by atoms with Crippen LogP contribution in [0.3, 0.4) is 0 Å². The summed E-state index contributed by atoms with van der Waals surface area (Å²) < 4.78 is 5.78. The molecule has 0 saturated carbocycles. The van der Waals surface area contributed by atoms with E-state index in [1.807, 2.05) is 54.6 Å². The second-order valence-electron chi connectivity index (χ2n) is 4.53. The molecule has 0 radical (unpaired) electrons. The topological polar surface area (TPSA) is 9.23 Å². The van der Waals surface area contributed by atoms with E-state index in [0.29, 0.717) is 0 Å². The predicted octanol–water partition coefficient (Wildman–Crippen LogP) is 5.66. The highest BCUT2D eigenvalue weighted by molar-refractivity contribution is 6.30. The molecule has 2 aromatic rings. The molecule has 20 heavy (non-hydrogen) atoms. The summed E-state index contributed by atoms with van der Waals surface area (Å²) in [6.45, 7) is 0. The van der Waals surface area contributed by atoms with Gasteiger partial charge in [-0.05, 0) is 41.5 Å². The van der Waals surface area contributed by atoms with Crippen LogP contribution in [-0.2, 0) is 4.74 Å². The number of halogens is 2. The lowest BCUT2D eigenvalue weighted by molar-refractivity contribution is 0.195. The van der Waals surface area contributed by atoms with Gasteiger partial charge < -0.3 is 4.74 Å². The molecule has 3 heteroatoms. The molecule has 100 valence electrons.